The monoisotopic (exact) mass is 180 g/mol. The normalized spacial score (nSPS) is 15.2. The van der Waals surface area contributed by atoms with Crippen LogP contribution in [0.2, 0.25) is 0 Å². The summed E-state index contributed by atoms with van der Waals surface area (Å²) in [6.45, 7) is -1.92. The van der Waals surface area contributed by atoms with Gasteiger partial charge < -0.3 is 10.2 Å². The zero-order valence-electron chi connectivity index (χ0n) is 5.99. The fourth-order valence-corrected chi connectivity index (χ4v) is 0.658. The molecular weight excluding hydrogens is 172 g/mol. The average molecular weight is 180 g/mol. The Morgan fingerprint density at radius 3 is 1.33 bits per heavy atom. The molecule has 0 fully saturated rings. The summed E-state index contributed by atoms with van der Waals surface area (Å²) >= 11 is 0. The Balaban J connectivity index is 4.44. The van der Waals surface area contributed by atoms with E-state index in [0.29, 0.717) is 0 Å². The van der Waals surface area contributed by atoms with Crippen LogP contribution in [0.3, 0.4) is 0 Å². The Kier molecular flexibility index (Phi) is 4.08. The number of rotatable bonds is 5. The minimum atomic E-state index is -1.75. The molecule has 70 valence electrons. The number of nitrogens with zero attached hydrogens (tertiary/aromatic N) is 2. The van der Waals surface area contributed by atoms with Crippen LogP contribution in [0.4, 0.5) is 0 Å². The van der Waals surface area contributed by atoms with E-state index in [1.165, 1.54) is 0 Å². The molecule has 0 unspecified atom stereocenters. The molecule has 0 heterocycles. The van der Waals surface area contributed by atoms with Crippen molar-refractivity contribution < 1.29 is 20.1 Å². The van der Waals surface area contributed by atoms with Gasteiger partial charge in [-0.2, -0.15) is 0 Å². The topological polar surface area (TPSA) is 127 Å². The minimum absolute atomic E-state index is 0.959. The van der Waals surface area contributed by atoms with Gasteiger partial charge in [-0.25, -0.2) is 0 Å². The van der Waals surface area contributed by atoms with Crippen molar-refractivity contribution in [2.24, 2.45) is 0 Å². The highest BCUT2D eigenvalue weighted by molar-refractivity contribution is 4.66. The molecule has 0 aromatic carbocycles. The van der Waals surface area contributed by atoms with Crippen LogP contribution in [-0.2, 0) is 0 Å². The van der Waals surface area contributed by atoms with Gasteiger partial charge in [0.1, 0.15) is 13.2 Å². The third-order valence-corrected chi connectivity index (χ3v) is 1.36. The van der Waals surface area contributed by atoms with E-state index in [9.17, 15) is 20.2 Å². The first-order valence-corrected chi connectivity index (χ1v) is 3.03. The zero-order valence-corrected chi connectivity index (χ0v) is 5.99. The molecule has 2 N–H and O–H groups in total. The van der Waals surface area contributed by atoms with Gasteiger partial charge in [0.25, 0.3) is 0 Å². The molecule has 0 rings (SSSR count). The van der Waals surface area contributed by atoms with E-state index in [4.69, 9.17) is 10.2 Å². The van der Waals surface area contributed by atoms with Gasteiger partial charge >= 0.3 is 12.1 Å². The Labute approximate surface area is 66.7 Å². The van der Waals surface area contributed by atoms with Crippen molar-refractivity contribution in [1.29, 1.82) is 0 Å². The van der Waals surface area contributed by atoms with Gasteiger partial charge in [-0.05, 0) is 0 Å². The Morgan fingerprint density at radius 2 is 1.25 bits per heavy atom. The van der Waals surface area contributed by atoms with Crippen LogP contribution in [0.15, 0.2) is 0 Å². The van der Waals surface area contributed by atoms with E-state index in [1.54, 1.807) is 0 Å². The van der Waals surface area contributed by atoms with Gasteiger partial charge in [0.05, 0.1) is 0 Å². The molecule has 0 radical (unpaired) electrons. The third-order valence-electron chi connectivity index (χ3n) is 1.36. The average Bonchev–Trinajstić information content (AvgIpc) is 1.98. The van der Waals surface area contributed by atoms with Crippen LogP contribution in [0.1, 0.15) is 0 Å². The first-order valence-electron chi connectivity index (χ1n) is 3.03. The van der Waals surface area contributed by atoms with Crippen LogP contribution in [0.25, 0.3) is 0 Å². The first kappa shape index (κ1) is 10.7. The van der Waals surface area contributed by atoms with Crippen molar-refractivity contribution >= 4 is 0 Å². The Bertz CT molecular complexity index is 162. The minimum Gasteiger partial charge on any atom is -0.389 e. The summed E-state index contributed by atoms with van der Waals surface area (Å²) in [6.07, 6.45) is 0. The molecule has 8 heteroatoms. The van der Waals surface area contributed by atoms with Crippen LogP contribution >= 0.6 is 0 Å². The summed E-state index contributed by atoms with van der Waals surface area (Å²) in [6, 6.07) is -3.49. The summed E-state index contributed by atoms with van der Waals surface area (Å²) in [5.74, 6) is 0. The van der Waals surface area contributed by atoms with E-state index in [1.807, 2.05) is 0 Å². The van der Waals surface area contributed by atoms with Gasteiger partial charge in [0.15, 0.2) is 0 Å². The van der Waals surface area contributed by atoms with Gasteiger partial charge in [-0.3, -0.25) is 20.2 Å². The third kappa shape index (κ3) is 2.40. The largest absolute Gasteiger partial charge is 0.389 e. The highest BCUT2D eigenvalue weighted by atomic mass is 16.6. The predicted molar refractivity (Wildman–Crippen MR) is 35.7 cm³/mol. The summed E-state index contributed by atoms with van der Waals surface area (Å²) in [4.78, 5) is 18.2. The number of aliphatic hydroxyl groups is 2. The van der Waals surface area contributed by atoms with E-state index in [-0.39, 0.29) is 0 Å². The lowest BCUT2D eigenvalue weighted by atomic mass is 10.1. The summed E-state index contributed by atoms with van der Waals surface area (Å²) < 4.78 is 0. The summed E-state index contributed by atoms with van der Waals surface area (Å²) in [5, 5.41) is 36.9. The molecule has 0 aliphatic rings. The van der Waals surface area contributed by atoms with Gasteiger partial charge in [0.2, 0.25) is 0 Å². The number of aliphatic hydroxyl groups excluding tert-OH is 2. The molecule has 2 atom stereocenters. The molecule has 0 saturated carbocycles. The Morgan fingerprint density at radius 1 is 1.00 bits per heavy atom. The molecule has 8 nitrogen and oxygen atoms in total. The van der Waals surface area contributed by atoms with Crippen LogP contribution in [0.5, 0.6) is 0 Å². The fourth-order valence-electron chi connectivity index (χ4n) is 0.658. The van der Waals surface area contributed by atoms with Crippen LogP contribution < -0.4 is 0 Å². The van der Waals surface area contributed by atoms with Gasteiger partial charge in [0, 0.05) is 9.85 Å². The van der Waals surface area contributed by atoms with E-state index >= 15 is 0 Å². The molecule has 12 heavy (non-hydrogen) atoms. The molecule has 0 aliphatic carbocycles. The highest BCUT2D eigenvalue weighted by Crippen LogP contribution is 2.00. The Hall–Kier alpha value is -1.28. The molecular formula is C4H8N2O6. The second-order valence-electron chi connectivity index (χ2n) is 2.07. The van der Waals surface area contributed by atoms with E-state index in [2.05, 4.69) is 0 Å². The quantitative estimate of drug-likeness (QED) is 0.382. The molecule has 0 spiro atoms. The van der Waals surface area contributed by atoms with Crippen LogP contribution in [0, 0.1) is 20.2 Å². The highest BCUT2D eigenvalue weighted by Gasteiger charge is 2.39. The maximum atomic E-state index is 10.1. The lowest BCUT2D eigenvalue weighted by molar-refractivity contribution is -0.620. The molecule has 0 aromatic rings. The molecule has 0 aromatic heterocycles. The van der Waals surface area contributed by atoms with Crippen LogP contribution in [-0.4, -0.2) is 45.4 Å². The van der Waals surface area contributed by atoms with Crippen molar-refractivity contribution in [3.8, 4) is 0 Å². The predicted octanol–water partition coefficient (Wildman–Crippen LogP) is -1.74. The SMILES string of the molecule is O=[N+]([O-])[C@H](CO)[C@H](CO)[N+](=O)[O-]. The molecule has 0 amide bonds. The zero-order chi connectivity index (χ0) is 9.72. The number of hydrogen-bond acceptors (Lipinski definition) is 6. The van der Waals surface area contributed by atoms with E-state index in [0.717, 1.165) is 0 Å². The lowest BCUT2D eigenvalue weighted by Crippen LogP contribution is -2.44. The number of hydrogen-bond donors (Lipinski definition) is 2. The van der Waals surface area contributed by atoms with Gasteiger partial charge in [-0.1, -0.05) is 0 Å². The molecule has 0 aliphatic heterocycles. The summed E-state index contributed by atoms with van der Waals surface area (Å²) in [5.41, 5.74) is 0. The summed E-state index contributed by atoms with van der Waals surface area (Å²) in [7, 11) is 0. The smallest absolute Gasteiger partial charge is 0.303 e. The molecule has 0 saturated heterocycles. The van der Waals surface area contributed by atoms with Crippen molar-refractivity contribution in [2.75, 3.05) is 13.2 Å². The maximum absolute atomic E-state index is 10.1. The second-order valence-corrected chi connectivity index (χ2v) is 2.07. The second kappa shape index (κ2) is 4.57. The van der Waals surface area contributed by atoms with Crippen molar-refractivity contribution in [1.82, 2.24) is 0 Å². The number of nitro groups is 2. The van der Waals surface area contributed by atoms with Crippen molar-refractivity contribution in [3.05, 3.63) is 20.2 Å². The van der Waals surface area contributed by atoms with E-state index < -0.39 is 35.1 Å². The molecule has 0 bridgehead atoms. The lowest BCUT2D eigenvalue weighted by Gasteiger charge is -2.09. The van der Waals surface area contributed by atoms with Crippen molar-refractivity contribution in [2.45, 2.75) is 12.1 Å². The van der Waals surface area contributed by atoms with Gasteiger partial charge in [-0.15, -0.1) is 0 Å². The standard InChI is InChI=1S/C4H8N2O6/c7-1-3(5(9)10)4(2-8)6(11)12/h3-4,7-8H,1-2H2/t3-,4+. The first-order chi connectivity index (χ1) is 5.54. The maximum Gasteiger partial charge on any atom is 0.303 e. The fraction of sp³-hybridized carbons (Fsp3) is 1.00. The van der Waals surface area contributed by atoms with Crippen molar-refractivity contribution in [3.63, 3.8) is 0 Å².